The van der Waals surface area contributed by atoms with Crippen LogP contribution in [0.25, 0.3) is 11.4 Å². The van der Waals surface area contributed by atoms with Crippen molar-refractivity contribution in [2.45, 2.75) is 19.9 Å². The number of hydrogen-bond donors (Lipinski definition) is 0. The van der Waals surface area contributed by atoms with Crippen LogP contribution in [0.15, 0.2) is 22.7 Å². The molecule has 0 spiro atoms. The third-order valence-corrected chi connectivity index (χ3v) is 5.64. The number of hydrogen-bond acceptors (Lipinski definition) is 6. The van der Waals surface area contributed by atoms with E-state index in [1.54, 1.807) is 19.1 Å². The predicted octanol–water partition coefficient (Wildman–Crippen LogP) is 2.31. The molecule has 1 atom stereocenters. The predicted molar refractivity (Wildman–Crippen MR) is 104 cm³/mol. The molecule has 0 aliphatic carbocycles. The van der Waals surface area contributed by atoms with Gasteiger partial charge in [-0.15, -0.1) is 0 Å². The number of aryl methyl sites for hydroxylation is 1. The van der Waals surface area contributed by atoms with Crippen molar-refractivity contribution in [3.05, 3.63) is 35.5 Å². The number of rotatable bonds is 3. The standard InChI is InChI=1S/C20H26FN5O3/c1-14-3-4-16(13-17(14)21)18-22-19(29-23-18)15(2)24-5-7-25(8-6-24)20(27)26-9-11-28-12-10-26/h3-4,13,15H,5-12H2,1-2H3/t15-/m0/s1. The number of urea groups is 1. The Morgan fingerprint density at radius 2 is 1.79 bits per heavy atom. The van der Waals surface area contributed by atoms with Gasteiger partial charge in [-0.3, -0.25) is 4.90 Å². The molecule has 1 aromatic carbocycles. The summed E-state index contributed by atoms with van der Waals surface area (Å²) in [4.78, 5) is 23.0. The SMILES string of the molecule is Cc1ccc(-c2noc([C@H](C)N3CCN(C(=O)N4CCOCC4)CC3)n2)cc1F. The van der Waals surface area contributed by atoms with Crippen LogP contribution in [0.1, 0.15) is 24.4 Å². The lowest BCUT2D eigenvalue weighted by atomic mass is 10.1. The number of halogens is 1. The highest BCUT2D eigenvalue weighted by atomic mass is 19.1. The summed E-state index contributed by atoms with van der Waals surface area (Å²) in [5, 5.41) is 4.01. The molecule has 8 nitrogen and oxygen atoms in total. The molecule has 3 heterocycles. The van der Waals surface area contributed by atoms with Gasteiger partial charge in [-0.1, -0.05) is 17.3 Å². The second-order valence-electron chi connectivity index (χ2n) is 7.50. The molecule has 0 bridgehead atoms. The summed E-state index contributed by atoms with van der Waals surface area (Å²) in [6, 6.07) is 4.92. The Balaban J connectivity index is 1.36. The molecule has 2 aliphatic rings. The summed E-state index contributed by atoms with van der Waals surface area (Å²) in [5.74, 6) is 0.587. The largest absolute Gasteiger partial charge is 0.378 e. The molecule has 0 saturated carbocycles. The van der Waals surface area contributed by atoms with Gasteiger partial charge in [0.05, 0.1) is 19.3 Å². The molecule has 2 fully saturated rings. The number of ether oxygens (including phenoxy) is 1. The van der Waals surface area contributed by atoms with Crippen molar-refractivity contribution in [1.82, 2.24) is 24.8 Å². The Bertz CT molecular complexity index is 860. The highest BCUT2D eigenvalue weighted by molar-refractivity contribution is 5.74. The highest BCUT2D eigenvalue weighted by Gasteiger charge is 2.30. The van der Waals surface area contributed by atoms with Crippen LogP contribution in [-0.2, 0) is 4.74 Å². The van der Waals surface area contributed by atoms with Gasteiger partial charge < -0.3 is 19.1 Å². The quantitative estimate of drug-likeness (QED) is 0.783. The second kappa shape index (κ2) is 8.46. The molecular formula is C20H26FN5O3. The zero-order valence-electron chi connectivity index (χ0n) is 16.8. The molecule has 156 valence electrons. The Hall–Kier alpha value is -2.52. The summed E-state index contributed by atoms with van der Waals surface area (Å²) < 4.78 is 24.6. The monoisotopic (exact) mass is 403 g/mol. The van der Waals surface area contributed by atoms with Gasteiger partial charge in [0.1, 0.15) is 5.82 Å². The lowest BCUT2D eigenvalue weighted by molar-refractivity contribution is 0.0339. The summed E-state index contributed by atoms with van der Waals surface area (Å²) in [5.41, 5.74) is 1.17. The topological polar surface area (TPSA) is 74.9 Å². The first-order valence-electron chi connectivity index (χ1n) is 9.98. The van der Waals surface area contributed by atoms with Gasteiger partial charge in [0.15, 0.2) is 0 Å². The molecule has 0 unspecified atom stereocenters. The number of carbonyl (C=O) groups is 1. The van der Waals surface area contributed by atoms with Crippen LogP contribution in [0.4, 0.5) is 9.18 Å². The lowest BCUT2D eigenvalue weighted by Gasteiger charge is -2.39. The van der Waals surface area contributed by atoms with Crippen molar-refractivity contribution < 1.29 is 18.4 Å². The van der Waals surface area contributed by atoms with Gasteiger partial charge in [-0.05, 0) is 25.5 Å². The zero-order chi connectivity index (χ0) is 20.4. The minimum atomic E-state index is -0.289. The number of piperazine rings is 1. The maximum atomic E-state index is 13.8. The Kier molecular flexibility index (Phi) is 5.77. The molecule has 2 saturated heterocycles. The first kappa shape index (κ1) is 19.8. The van der Waals surface area contributed by atoms with Crippen molar-refractivity contribution in [2.24, 2.45) is 0 Å². The van der Waals surface area contributed by atoms with E-state index in [2.05, 4.69) is 15.0 Å². The van der Waals surface area contributed by atoms with E-state index < -0.39 is 0 Å². The molecule has 4 rings (SSSR count). The van der Waals surface area contributed by atoms with Crippen molar-refractivity contribution in [2.75, 3.05) is 52.5 Å². The second-order valence-corrected chi connectivity index (χ2v) is 7.50. The fourth-order valence-corrected chi connectivity index (χ4v) is 3.67. The fraction of sp³-hybridized carbons (Fsp3) is 0.550. The molecule has 1 aromatic heterocycles. The van der Waals surface area contributed by atoms with Gasteiger partial charge in [-0.2, -0.15) is 4.98 Å². The molecule has 0 N–H and O–H groups in total. The van der Waals surface area contributed by atoms with Gasteiger partial charge >= 0.3 is 6.03 Å². The average Bonchev–Trinajstić information content (AvgIpc) is 3.25. The van der Waals surface area contributed by atoms with Crippen LogP contribution in [0.5, 0.6) is 0 Å². The van der Waals surface area contributed by atoms with E-state index >= 15 is 0 Å². The average molecular weight is 403 g/mol. The first-order valence-corrected chi connectivity index (χ1v) is 9.98. The van der Waals surface area contributed by atoms with Gasteiger partial charge in [-0.25, -0.2) is 9.18 Å². The third-order valence-electron chi connectivity index (χ3n) is 5.64. The Labute approximate surface area is 169 Å². The van der Waals surface area contributed by atoms with Crippen molar-refractivity contribution in [3.63, 3.8) is 0 Å². The highest BCUT2D eigenvalue weighted by Crippen LogP contribution is 2.24. The normalized spacial score (nSPS) is 19.4. The maximum Gasteiger partial charge on any atom is 0.320 e. The molecule has 29 heavy (non-hydrogen) atoms. The van der Waals surface area contributed by atoms with E-state index in [9.17, 15) is 9.18 Å². The van der Waals surface area contributed by atoms with E-state index in [1.165, 1.54) is 6.07 Å². The third kappa shape index (κ3) is 4.25. The number of morpholine rings is 1. The summed E-state index contributed by atoms with van der Waals surface area (Å²) in [7, 11) is 0. The van der Waals surface area contributed by atoms with Crippen LogP contribution in [-0.4, -0.2) is 83.4 Å². The molecule has 9 heteroatoms. The number of aromatic nitrogens is 2. The van der Waals surface area contributed by atoms with Crippen LogP contribution in [0, 0.1) is 12.7 Å². The van der Waals surface area contributed by atoms with E-state index in [4.69, 9.17) is 9.26 Å². The minimum Gasteiger partial charge on any atom is -0.378 e. The Morgan fingerprint density at radius 1 is 1.10 bits per heavy atom. The number of benzene rings is 1. The molecule has 2 amide bonds. The fourth-order valence-electron chi connectivity index (χ4n) is 3.67. The first-order chi connectivity index (χ1) is 14.0. The van der Waals surface area contributed by atoms with E-state index in [0.717, 1.165) is 13.1 Å². The van der Waals surface area contributed by atoms with E-state index in [0.29, 0.717) is 62.2 Å². The smallest absolute Gasteiger partial charge is 0.320 e. The number of carbonyl (C=O) groups excluding carboxylic acids is 1. The molecule has 2 aromatic rings. The molecular weight excluding hydrogens is 377 g/mol. The van der Waals surface area contributed by atoms with Crippen molar-refractivity contribution >= 4 is 6.03 Å². The lowest BCUT2D eigenvalue weighted by Crippen LogP contribution is -2.55. The summed E-state index contributed by atoms with van der Waals surface area (Å²) >= 11 is 0. The van der Waals surface area contributed by atoms with Crippen LogP contribution in [0.3, 0.4) is 0 Å². The number of nitrogens with zero attached hydrogens (tertiary/aromatic N) is 5. The van der Waals surface area contributed by atoms with E-state index in [1.807, 2.05) is 16.7 Å². The zero-order valence-corrected chi connectivity index (χ0v) is 16.8. The van der Waals surface area contributed by atoms with Crippen molar-refractivity contribution in [3.8, 4) is 11.4 Å². The summed E-state index contributed by atoms with van der Waals surface area (Å²) in [6.07, 6.45) is 0. The molecule has 2 aliphatic heterocycles. The molecule has 0 radical (unpaired) electrons. The van der Waals surface area contributed by atoms with Crippen LogP contribution in [0.2, 0.25) is 0 Å². The maximum absolute atomic E-state index is 13.8. The van der Waals surface area contributed by atoms with Crippen LogP contribution < -0.4 is 0 Å². The number of amides is 2. The minimum absolute atomic E-state index is 0.0767. The Morgan fingerprint density at radius 3 is 2.48 bits per heavy atom. The van der Waals surface area contributed by atoms with E-state index in [-0.39, 0.29) is 17.9 Å². The van der Waals surface area contributed by atoms with Crippen LogP contribution >= 0.6 is 0 Å². The van der Waals surface area contributed by atoms with Crippen molar-refractivity contribution in [1.29, 1.82) is 0 Å². The summed E-state index contributed by atoms with van der Waals surface area (Å²) in [6.45, 7) is 9.01. The van der Waals surface area contributed by atoms with Gasteiger partial charge in [0, 0.05) is 44.8 Å². The van der Waals surface area contributed by atoms with Gasteiger partial charge in [0.2, 0.25) is 11.7 Å². The van der Waals surface area contributed by atoms with Gasteiger partial charge in [0.25, 0.3) is 0 Å².